The molecule has 0 bridgehead atoms. The fourth-order valence-electron chi connectivity index (χ4n) is 3.94. The van der Waals surface area contributed by atoms with E-state index >= 15 is 0 Å². The first-order valence-corrected chi connectivity index (χ1v) is 9.06. The second kappa shape index (κ2) is 6.94. The first-order valence-electron chi connectivity index (χ1n) is 9.06. The lowest BCUT2D eigenvalue weighted by atomic mass is 9.97. The SMILES string of the molecule is CCOC(=O)c1cc2c(ccn2C)n1CC(=O)N1[C@H](C)CCC[C@H]1C. The van der Waals surface area contributed by atoms with E-state index in [1.807, 2.05) is 34.8 Å². The van der Waals surface area contributed by atoms with Gasteiger partial charge in [-0.1, -0.05) is 0 Å². The van der Waals surface area contributed by atoms with Gasteiger partial charge >= 0.3 is 5.97 Å². The molecule has 136 valence electrons. The van der Waals surface area contributed by atoms with Gasteiger partial charge in [-0.25, -0.2) is 4.79 Å². The van der Waals surface area contributed by atoms with Gasteiger partial charge in [0.2, 0.25) is 5.91 Å². The topological polar surface area (TPSA) is 56.5 Å². The molecule has 1 aliphatic heterocycles. The molecule has 0 saturated carbocycles. The highest BCUT2D eigenvalue weighted by atomic mass is 16.5. The monoisotopic (exact) mass is 345 g/mol. The normalized spacial score (nSPS) is 20.9. The molecule has 3 heterocycles. The quantitative estimate of drug-likeness (QED) is 0.801. The van der Waals surface area contributed by atoms with Gasteiger partial charge in [-0.15, -0.1) is 0 Å². The maximum Gasteiger partial charge on any atom is 0.355 e. The van der Waals surface area contributed by atoms with Crippen LogP contribution in [0.5, 0.6) is 0 Å². The zero-order valence-electron chi connectivity index (χ0n) is 15.5. The van der Waals surface area contributed by atoms with Crippen LogP contribution in [-0.4, -0.2) is 44.6 Å². The van der Waals surface area contributed by atoms with Crippen LogP contribution < -0.4 is 0 Å². The number of aryl methyl sites for hydroxylation is 1. The zero-order valence-corrected chi connectivity index (χ0v) is 15.5. The summed E-state index contributed by atoms with van der Waals surface area (Å²) >= 11 is 0. The van der Waals surface area contributed by atoms with Crippen LogP contribution in [0.3, 0.4) is 0 Å². The van der Waals surface area contributed by atoms with E-state index in [1.165, 1.54) is 0 Å². The summed E-state index contributed by atoms with van der Waals surface area (Å²) in [6.07, 6.45) is 5.17. The molecule has 6 nitrogen and oxygen atoms in total. The van der Waals surface area contributed by atoms with E-state index in [1.54, 1.807) is 11.5 Å². The molecule has 0 spiro atoms. The molecule has 25 heavy (non-hydrogen) atoms. The Balaban J connectivity index is 1.95. The van der Waals surface area contributed by atoms with Crippen molar-refractivity contribution in [1.82, 2.24) is 14.0 Å². The van der Waals surface area contributed by atoms with Crippen molar-refractivity contribution >= 4 is 22.9 Å². The highest BCUT2D eigenvalue weighted by Gasteiger charge is 2.30. The van der Waals surface area contributed by atoms with Crippen molar-refractivity contribution in [1.29, 1.82) is 0 Å². The van der Waals surface area contributed by atoms with Crippen molar-refractivity contribution in [3.63, 3.8) is 0 Å². The molecule has 6 heteroatoms. The predicted octanol–water partition coefficient (Wildman–Crippen LogP) is 2.95. The fourth-order valence-corrected chi connectivity index (χ4v) is 3.94. The number of amides is 1. The highest BCUT2D eigenvalue weighted by molar-refractivity contribution is 5.96. The minimum Gasteiger partial charge on any atom is -0.461 e. The van der Waals surface area contributed by atoms with E-state index in [2.05, 4.69) is 13.8 Å². The number of piperidine rings is 1. The van der Waals surface area contributed by atoms with Gasteiger partial charge in [0, 0.05) is 25.3 Å². The van der Waals surface area contributed by atoms with Crippen molar-refractivity contribution in [2.24, 2.45) is 7.05 Å². The highest BCUT2D eigenvalue weighted by Crippen LogP contribution is 2.25. The second-order valence-electron chi connectivity index (χ2n) is 6.96. The number of ether oxygens (including phenoxy) is 1. The molecular formula is C19H27N3O3. The Morgan fingerprint density at radius 1 is 1.20 bits per heavy atom. The predicted molar refractivity (Wildman–Crippen MR) is 96.5 cm³/mol. The van der Waals surface area contributed by atoms with Gasteiger partial charge in [0.05, 0.1) is 17.6 Å². The van der Waals surface area contributed by atoms with Gasteiger partial charge in [-0.3, -0.25) is 4.79 Å². The molecule has 1 fully saturated rings. The van der Waals surface area contributed by atoms with Crippen LogP contribution in [0.4, 0.5) is 0 Å². The largest absolute Gasteiger partial charge is 0.461 e. The van der Waals surface area contributed by atoms with E-state index in [0.29, 0.717) is 12.3 Å². The molecule has 1 aliphatic rings. The Labute approximate surface area is 148 Å². The first-order chi connectivity index (χ1) is 11.9. The van der Waals surface area contributed by atoms with Gasteiger partial charge in [-0.2, -0.15) is 0 Å². The average molecular weight is 345 g/mol. The summed E-state index contributed by atoms with van der Waals surface area (Å²) in [4.78, 5) is 27.3. The molecular weight excluding hydrogens is 318 g/mol. The van der Waals surface area contributed by atoms with Gasteiger partial charge in [0.15, 0.2) is 0 Å². The van der Waals surface area contributed by atoms with Gasteiger partial charge in [0.1, 0.15) is 12.2 Å². The lowest BCUT2D eigenvalue weighted by Gasteiger charge is -2.39. The van der Waals surface area contributed by atoms with E-state index in [0.717, 1.165) is 30.3 Å². The molecule has 1 amide bonds. The smallest absolute Gasteiger partial charge is 0.355 e. The Morgan fingerprint density at radius 3 is 2.52 bits per heavy atom. The molecule has 0 aromatic carbocycles. The summed E-state index contributed by atoms with van der Waals surface area (Å²) in [7, 11) is 1.93. The van der Waals surface area contributed by atoms with Crippen molar-refractivity contribution in [2.75, 3.05) is 6.61 Å². The fraction of sp³-hybridized carbons (Fsp3) is 0.579. The number of esters is 1. The number of rotatable bonds is 4. The Kier molecular flexibility index (Phi) is 4.88. The Hall–Kier alpha value is -2.24. The minimum atomic E-state index is -0.383. The van der Waals surface area contributed by atoms with E-state index < -0.39 is 0 Å². The molecule has 2 atom stereocenters. The molecule has 0 unspecified atom stereocenters. The first kappa shape index (κ1) is 17.6. The lowest BCUT2D eigenvalue weighted by molar-refractivity contribution is -0.137. The number of carbonyl (C=O) groups is 2. The number of hydrogen-bond acceptors (Lipinski definition) is 3. The molecule has 0 radical (unpaired) electrons. The van der Waals surface area contributed by atoms with Crippen LogP contribution in [0, 0.1) is 0 Å². The van der Waals surface area contributed by atoms with Gasteiger partial charge < -0.3 is 18.8 Å². The molecule has 0 aliphatic carbocycles. The van der Waals surface area contributed by atoms with Crippen LogP contribution in [0.25, 0.3) is 11.0 Å². The van der Waals surface area contributed by atoms with E-state index in [9.17, 15) is 9.59 Å². The Bertz CT molecular complexity index is 779. The summed E-state index contributed by atoms with van der Waals surface area (Å²) in [5, 5.41) is 0. The van der Waals surface area contributed by atoms with Crippen LogP contribution in [0.1, 0.15) is 50.5 Å². The maximum atomic E-state index is 13.0. The minimum absolute atomic E-state index is 0.0617. The van der Waals surface area contributed by atoms with Crippen LogP contribution in [0.2, 0.25) is 0 Å². The summed E-state index contributed by atoms with van der Waals surface area (Å²) in [5.41, 5.74) is 2.25. The summed E-state index contributed by atoms with van der Waals surface area (Å²) < 4.78 is 8.93. The third-order valence-electron chi connectivity index (χ3n) is 5.21. The van der Waals surface area contributed by atoms with Crippen molar-refractivity contribution in [2.45, 2.75) is 58.7 Å². The molecule has 2 aromatic heterocycles. The summed E-state index contributed by atoms with van der Waals surface area (Å²) in [5.74, 6) is -0.321. The van der Waals surface area contributed by atoms with Crippen molar-refractivity contribution in [3.05, 3.63) is 24.0 Å². The number of aromatic nitrogens is 2. The number of likely N-dealkylation sites (tertiary alicyclic amines) is 1. The third-order valence-corrected chi connectivity index (χ3v) is 5.21. The Morgan fingerprint density at radius 2 is 1.88 bits per heavy atom. The summed E-state index contributed by atoms with van der Waals surface area (Å²) in [6.45, 7) is 6.47. The van der Waals surface area contributed by atoms with Crippen molar-refractivity contribution in [3.8, 4) is 0 Å². The van der Waals surface area contributed by atoms with E-state index in [-0.39, 0.29) is 30.5 Å². The average Bonchev–Trinajstić information content (AvgIpc) is 3.08. The number of carbonyl (C=O) groups excluding carboxylic acids is 2. The second-order valence-corrected chi connectivity index (χ2v) is 6.96. The zero-order chi connectivity index (χ0) is 18.1. The number of hydrogen-bond donors (Lipinski definition) is 0. The molecule has 1 saturated heterocycles. The molecule has 2 aromatic rings. The van der Waals surface area contributed by atoms with Gasteiger partial charge in [-0.05, 0) is 52.2 Å². The van der Waals surface area contributed by atoms with E-state index in [4.69, 9.17) is 4.74 Å². The van der Waals surface area contributed by atoms with Crippen LogP contribution in [-0.2, 0) is 23.1 Å². The third kappa shape index (κ3) is 3.17. The van der Waals surface area contributed by atoms with Gasteiger partial charge in [0.25, 0.3) is 0 Å². The molecule has 0 N–H and O–H groups in total. The maximum absolute atomic E-state index is 13.0. The standard InChI is InChI=1S/C19H27N3O3/c1-5-25-19(24)17-11-16-15(9-10-20(16)4)21(17)12-18(23)22-13(2)7-6-8-14(22)3/h9-11,13-14H,5-8,12H2,1-4H3/t13-,14-/m1/s1. The molecule has 3 rings (SSSR count). The van der Waals surface area contributed by atoms with Crippen molar-refractivity contribution < 1.29 is 14.3 Å². The summed E-state index contributed by atoms with van der Waals surface area (Å²) in [6, 6.07) is 4.23. The number of nitrogens with zero attached hydrogens (tertiary/aromatic N) is 3. The number of fused-ring (bicyclic) bond motifs is 1. The van der Waals surface area contributed by atoms with Crippen LogP contribution in [0.15, 0.2) is 18.3 Å². The van der Waals surface area contributed by atoms with Crippen LogP contribution >= 0.6 is 0 Å². The lowest BCUT2D eigenvalue weighted by Crippen LogP contribution is -2.48.